The highest BCUT2D eigenvalue weighted by atomic mass is 32.1. The summed E-state index contributed by atoms with van der Waals surface area (Å²) < 4.78 is 12.1. The Hall–Kier alpha value is -7.92. The van der Waals surface area contributed by atoms with Gasteiger partial charge in [0, 0.05) is 58.7 Å². The second-order valence-corrected chi connectivity index (χ2v) is 17.1. The summed E-state index contributed by atoms with van der Waals surface area (Å²) >= 11 is 1.85. The van der Waals surface area contributed by atoms with Crippen molar-refractivity contribution < 1.29 is 4.42 Å². The largest absolute Gasteiger partial charge is 0.455 e. The first kappa shape index (κ1) is 34.9. The molecule has 62 heavy (non-hydrogen) atoms. The van der Waals surface area contributed by atoms with Crippen LogP contribution in [-0.4, -0.2) is 4.57 Å². The predicted octanol–water partition coefficient (Wildman–Crippen LogP) is 17.0. The summed E-state index contributed by atoms with van der Waals surface area (Å²) in [6.45, 7) is 0. The number of furan rings is 1. The van der Waals surface area contributed by atoms with Gasteiger partial charge in [0.2, 0.25) is 0 Å². The molecule has 0 N–H and O–H groups in total. The minimum absolute atomic E-state index is 0.855. The van der Waals surface area contributed by atoms with Crippen molar-refractivity contribution in [2.75, 3.05) is 4.90 Å². The Morgan fingerprint density at radius 2 is 1.06 bits per heavy atom. The molecule has 0 spiro atoms. The summed E-state index contributed by atoms with van der Waals surface area (Å²) in [4.78, 5) is 2.43. The normalized spacial score (nSPS) is 11.9. The van der Waals surface area contributed by atoms with Crippen LogP contribution in [0.4, 0.5) is 17.1 Å². The molecule has 0 amide bonds. The molecule has 3 heterocycles. The molecule has 0 saturated heterocycles. The number of benzene rings is 10. The molecule has 290 valence electrons. The van der Waals surface area contributed by atoms with E-state index in [1.54, 1.807) is 0 Å². The second-order valence-electron chi connectivity index (χ2n) is 16.0. The minimum atomic E-state index is 0.855. The zero-order valence-corrected chi connectivity index (χ0v) is 34.3. The van der Waals surface area contributed by atoms with Crippen LogP contribution in [0.5, 0.6) is 0 Å². The Kier molecular flexibility index (Phi) is 7.78. The zero-order chi connectivity index (χ0) is 40.7. The number of fused-ring (bicyclic) bond motifs is 10. The average Bonchev–Trinajstić information content (AvgIpc) is 4.01. The number of rotatable bonds is 6. The van der Waals surface area contributed by atoms with Gasteiger partial charge in [-0.3, -0.25) is 0 Å². The molecule has 0 aliphatic carbocycles. The molecule has 10 aromatic carbocycles. The molecule has 0 aliphatic rings. The Balaban J connectivity index is 1.11. The van der Waals surface area contributed by atoms with Crippen molar-refractivity contribution in [1.29, 1.82) is 0 Å². The van der Waals surface area contributed by atoms with Crippen LogP contribution in [0.25, 0.3) is 103 Å². The third-order valence-electron chi connectivity index (χ3n) is 12.6. The van der Waals surface area contributed by atoms with E-state index in [0.717, 1.165) is 72.4 Å². The Morgan fingerprint density at radius 1 is 0.403 bits per heavy atom. The van der Waals surface area contributed by atoms with Gasteiger partial charge in [0.05, 0.1) is 28.0 Å². The molecule has 3 nitrogen and oxygen atoms in total. The minimum Gasteiger partial charge on any atom is -0.455 e. The number of hydrogen-bond acceptors (Lipinski definition) is 3. The molecule has 0 unspecified atom stereocenters. The summed E-state index contributed by atoms with van der Waals surface area (Å²) in [6.07, 6.45) is 0. The number of thiophene rings is 1. The lowest BCUT2D eigenvalue weighted by atomic mass is 9.96. The van der Waals surface area contributed by atoms with Gasteiger partial charge in [0.15, 0.2) is 0 Å². The molecule has 4 heteroatoms. The van der Waals surface area contributed by atoms with E-state index in [-0.39, 0.29) is 0 Å². The van der Waals surface area contributed by atoms with Gasteiger partial charge in [0.25, 0.3) is 0 Å². The first-order valence-electron chi connectivity index (χ1n) is 21.1. The van der Waals surface area contributed by atoms with Crippen molar-refractivity contribution in [1.82, 2.24) is 4.57 Å². The summed E-state index contributed by atoms with van der Waals surface area (Å²) in [5, 5.41) is 9.60. The van der Waals surface area contributed by atoms with Gasteiger partial charge in [-0.15, -0.1) is 11.3 Å². The van der Waals surface area contributed by atoms with Crippen LogP contribution in [0.3, 0.4) is 0 Å². The number of anilines is 3. The van der Waals surface area contributed by atoms with E-state index >= 15 is 0 Å². The summed E-state index contributed by atoms with van der Waals surface area (Å²) in [5.74, 6) is 0. The lowest BCUT2D eigenvalue weighted by Gasteiger charge is -2.29. The highest BCUT2D eigenvalue weighted by molar-refractivity contribution is 7.25. The molecule has 13 aromatic rings. The zero-order valence-electron chi connectivity index (χ0n) is 33.5. The number of nitrogens with zero attached hydrogens (tertiary/aromatic N) is 2. The fraction of sp³-hybridized carbons (Fsp3) is 0. The Bertz CT molecular complexity index is 3850. The van der Waals surface area contributed by atoms with Gasteiger partial charge in [-0.2, -0.15) is 0 Å². The summed E-state index contributed by atoms with van der Waals surface area (Å²) in [5.41, 5.74) is 12.7. The van der Waals surface area contributed by atoms with E-state index < -0.39 is 0 Å². The van der Waals surface area contributed by atoms with Crippen molar-refractivity contribution in [3.63, 3.8) is 0 Å². The topological polar surface area (TPSA) is 21.3 Å². The monoisotopic (exact) mass is 808 g/mol. The first-order chi connectivity index (χ1) is 30.7. The third-order valence-corrected chi connectivity index (χ3v) is 13.7. The van der Waals surface area contributed by atoms with E-state index in [2.05, 4.69) is 228 Å². The van der Waals surface area contributed by atoms with E-state index in [0.29, 0.717) is 0 Å². The number of para-hydroxylation sites is 4. The Morgan fingerprint density at radius 3 is 1.92 bits per heavy atom. The Labute approximate surface area is 361 Å². The first-order valence-corrected chi connectivity index (χ1v) is 21.9. The van der Waals surface area contributed by atoms with Crippen molar-refractivity contribution in [2.24, 2.45) is 0 Å². The van der Waals surface area contributed by atoms with E-state index in [9.17, 15) is 0 Å². The van der Waals surface area contributed by atoms with Crippen LogP contribution in [0, 0.1) is 0 Å². The molecule has 0 radical (unpaired) electrons. The lowest BCUT2D eigenvalue weighted by Crippen LogP contribution is -2.12. The van der Waals surface area contributed by atoms with Crippen LogP contribution in [-0.2, 0) is 0 Å². The molecule has 13 rings (SSSR count). The van der Waals surface area contributed by atoms with E-state index in [1.807, 2.05) is 11.3 Å². The smallest absolute Gasteiger partial charge is 0.145 e. The average molecular weight is 809 g/mol. The quantitative estimate of drug-likeness (QED) is 0.167. The van der Waals surface area contributed by atoms with Crippen LogP contribution < -0.4 is 4.90 Å². The number of aromatic nitrogens is 1. The summed E-state index contributed by atoms with van der Waals surface area (Å²) in [7, 11) is 0. The van der Waals surface area contributed by atoms with Gasteiger partial charge < -0.3 is 13.9 Å². The van der Waals surface area contributed by atoms with Gasteiger partial charge in [0.1, 0.15) is 11.2 Å². The molecule has 0 saturated carbocycles. The highest BCUT2D eigenvalue weighted by Gasteiger charge is 2.26. The van der Waals surface area contributed by atoms with Crippen LogP contribution >= 0.6 is 11.3 Å². The fourth-order valence-corrected chi connectivity index (χ4v) is 10.8. The second kappa shape index (κ2) is 13.8. The van der Waals surface area contributed by atoms with Crippen LogP contribution in [0.1, 0.15) is 0 Å². The predicted molar refractivity (Wildman–Crippen MR) is 264 cm³/mol. The molecule has 0 bridgehead atoms. The number of hydrogen-bond donors (Lipinski definition) is 0. The van der Waals surface area contributed by atoms with Gasteiger partial charge in [-0.05, 0) is 101 Å². The maximum Gasteiger partial charge on any atom is 0.145 e. The molecule has 0 aliphatic heterocycles. The molecule has 0 atom stereocenters. The molecule has 0 fully saturated rings. The van der Waals surface area contributed by atoms with Gasteiger partial charge >= 0.3 is 0 Å². The van der Waals surface area contributed by atoms with Gasteiger partial charge in [-0.1, -0.05) is 140 Å². The molecular weight excluding hydrogens is 773 g/mol. The highest BCUT2D eigenvalue weighted by Crippen LogP contribution is 2.49. The molecule has 3 aromatic heterocycles. The summed E-state index contributed by atoms with van der Waals surface area (Å²) in [6, 6.07) is 79.3. The maximum absolute atomic E-state index is 7.04. The maximum atomic E-state index is 7.04. The van der Waals surface area contributed by atoms with Crippen molar-refractivity contribution in [3.05, 3.63) is 218 Å². The van der Waals surface area contributed by atoms with Crippen LogP contribution in [0.2, 0.25) is 0 Å². The lowest BCUT2D eigenvalue weighted by molar-refractivity contribution is 0.670. The fourth-order valence-electron chi connectivity index (χ4n) is 9.76. The van der Waals surface area contributed by atoms with Gasteiger partial charge in [-0.25, -0.2) is 0 Å². The van der Waals surface area contributed by atoms with Crippen molar-refractivity contribution in [3.8, 4) is 27.9 Å². The molecular formula is C58H36N2OS. The standard InChI is InChI=1S/C58H36N2OS/c1-2-15-38-34-42(30-28-37(38)14-1)59(41-17-13-16-39(35-41)40-29-33-56-49(36-40)46-21-7-12-27-55(46)62-56)53-32-31-47-45-20-6-11-26-54(45)61-58(47)57(53)48-22-5-10-25-52(48)60-50-23-8-3-18-43(50)44-19-4-9-24-51(44)60/h1-36H. The van der Waals surface area contributed by atoms with Crippen molar-refractivity contribution >= 4 is 103 Å². The van der Waals surface area contributed by atoms with Crippen molar-refractivity contribution in [2.45, 2.75) is 0 Å². The third kappa shape index (κ3) is 5.37. The SMILES string of the molecule is c1cc(-c2ccc3sc4ccccc4c3c2)cc(N(c2ccc3ccccc3c2)c2ccc3c(oc4ccccc43)c2-c2ccccc2-n2c3ccccc3c3ccccc32)c1. The van der Waals surface area contributed by atoms with E-state index in [4.69, 9.17) is 4.42 Å². The van der Waals surface area contributed by atoms with Crippen LogP contribution in [0.15, 0.2) is 223 Å². The van der Waals surface area contributed by atoms with E-state index in [1.165, 1.54) is 47.3 Å².